The maximum absolute atomic E-state index is 12.3. The van der Waals surface area contributed by atoms with Crippen LogP contribution in [0.3, 0.4) is 0 Å². The fraction of sp³-hybridized carbons (Fsp3) is 0.0667. The molecule has 0 saturated heterocycles. The summed E-state index contributed by atoms with van der Waals surface area (Å²) < 4.78 is 1.89. The first kappa shape index (κ1) is 15.4. The molecular weight excluding hydrogens is 386 g/mol. The minimum Gasteiger partial charge on any atom is -0.334 e. The molecule has 0 unspecified atom stereocenters. The second-order valence-corrected chi connectivity index (χ2v) is 6.88. The summed E-state index contributed by atoms with van der Waals surface area (Å²) >= 11 is 10.9. The van der Waals surface area contributed by atoms with Gasteiger partial charge in [0, 0.05) is 15.2 Å². The highest BCUT2D eigenvalue weighted by Gasteiger charge is 2.11. The molecule has 7 heteroatoms. The predicted octanol–water partition coefficient (Wildman–Crippen LogP) is 3.82. The second-order valence-electron chi connectivity index (χ2n) is 4.61. The molecule has 4 nitrogen and oxygen atoms in total. The Morgan fingerprint density at radius 3 is 2.82 bits per heavy atom. The zero-order valence-electron chi connectivity index (χ0n) is 11.3. The number of fused-ring (bicyclic) bond motifs is 1. The summed E-state index contributed by atoms with van der Waals surface area (Å²) in [5, 5.41) is 1.63. The van der Waals surface area contributed by atoms with Gasteiger partial charge in [-0.25, -0.2) is 9.66 Å². The summed E-state index contributed by atoms with van der Waals surface area (Å²) in [6, 6.07) is 12.9. The van der Waals surface area contributed by atoms with Gasteiger partial charge in [0.25, 0.3) is 5.56 Å². The quantitative estimate of drug-likeness (QED) is 0.415. The van der Waals surface area contributed by atoms with Crippen LogP contribution in [0, 0.1) is 0 Å². The van der Waals surface area contributed by atoms with E-state index in [0.717, 1.165) is 14.7 Å². The Bertz CT molecular complexity index is 913. The van der Waals surface area contributed by atoms with Gasteiger partial charge in [0.1, 0.15) is 0 Å². The van der Waals surface area contributed by atoms with E-state index in [-0.39, 0.29) is 5.56 Å². The van der Waals surface area contributed by atoms with Crippen LogP contribution in [0.15, 0.2) is 56.9 Å². The number of halogens is 2. The van der Waals surface area contributed by atoms with Gasteiger partial charge >= 0.3 is 0 Å². The lowest BCUT2D eigenvalue weighted by atomic mass is 10.2. The van der Waals surface area contributed by atoms with Crippen molar-refractivity contribution in [1.82, 2.24) is 9.66 Å². The molecule has 0 saturated carbocycles. The molecule has 3 aromatic rings. The molecule has 22 heavy (non-hydrogen) atoms. The van der Waals surface area contributed by atoms with Gasteiger partial charge in [-0.1, -0.05) is 57.5 Å². The highest BCUT2D eigenvalue weighted by atomic mass is 79.9. The lowest BCUT2D eigenvalue weighted by molar-refractivity contribution is 0.779. The lowest BCUT2D eigenvalue weighted by Crippen LogP contribution is -2.29. The fourth-order valence-electron chi connectivity index (χ4n) is 2.01. The number of thioether (sulfide) groups is 1. The van der Waals surface area contributed by atoms with Gasteiger partial charge in [-0.2, -0.15) is 0 Å². The highest BCUT2D eigenvalue weighted by Crippen LogP contribution is 2.25. The topological polar surface area (TPSA) is 60.9 Å². The molecule has 0 atom stereocenters. The van der Waals surface area contributed by atoms with Crippen LogP contribution in [0.5, 0.6) is 0 Å². The van der Waals surface area contributed by atoms with Crippen molar-refractivity contribution in [1.29, 1.82) is 0 Å². The van der Waals surface area contributed by atoms with E-state index in [1.54, 1.807) is 12.1 Å². The van der Waals surface area contributed by atoms with Crippen LogP contribution in [0.1, 0.15) is 5.56 Å². The van der Waals surface area contributed by atoms with Crippen LogP contribution in [-0.4, -0.2) is 9.66 Å². The minimum absolute atomic E-state index is 0.270. The standard InChI is InChI=1S/C15H11BrClN3OS/c16-10-5-6-13-11(7-10)14(21)20(18)15(19-13)22-8-9-3-1-2-4-12(9)17/h1-7H,8,18H2. The maximum Gasteiger partial charge on any atom is 0.280 e. The molecule has 0 bridgehead atoms. The maximum atomic E-state index is 12.3. The number of aromatic nitrogens is 2. The monoisotopic (exact) mass is 395 g/mol. The first-order valence-electron chi connectivity index (χ1n) is 6.40. The lowest BCUT2D eigenvalue weighted by Gasteiger charge is -2.09. The summed E-state index contributed by atoms with van der Waals surface area (Å²) in [6.07, 6.45) is 0. The van der Waals surface area contributed by atoms with Crippen molar-refractivity contribution in [3.63, 3.8) is 0 Å². The van der Waals surface area contributed by atoms with Gasteiger partial charge in [-0.05, 0) is 29.8 Å². The Morgan fingerprint density at radius 2 is 2.05 bits per heavy atom. The molecule has 112 valence electrons. The first-order chi connectivity index (χ1) is 10.6. The van der Waals surface area contributed by atoms with Crippen LogP contribution in [-0.2, 0) is 5.75 Å². The van der Waals surface area contributed by atoms with Crippen LogP contribution in [0.25, 0.3) is 10.9 Å². The molecular formula is C15H11BrClN3OS. The Hall–Kier alpha value is -1.50. The molecule has 0 spiro atoms. The molecule has 0 fully saturated rings. The zero-order valence-corrected chi connectivity index (χ0v) is 14.5. The summed E-state index contributed by atoms with van der Waals surface area (Å²) in [7, 11) is 0. The van der Waals surface area contributed by atoms with E-state index in [4.69, 9.17) is 17.4 Å². The SMILES string of the molecule is Nn1c(SCc2ccccc2Cl)nc2ccc(Br)cc2c1=O. The number of rotatable bonds is 3. The Labute approximate surface area is 144 Å². The molecule has 1 heterocycles. The molecule has 0 aliphatic rings. The van der Waals surface area contributed by atoms with Gasteiger partial charge in [0.15, 0.2) is 5.16 Å². The van der Waals surface area contributed by atoms with Gasteiger partial charge in [0.2, 0.25) is 0 Å². The summed E-state index contributed by atoms with van der Waals surface area (Å²) in [4.78, 5) is 16.8. The molecule has 0 aliphatic carbocycles. The molecule has 0 radical (unpaired) electrons. The van der Waals surface area contributed by atoms with Crippen molar-refractivity contribution < 1.29 is 0 Å². The van der Waals surface area contributed by atoms with E-state index in [2.05, 4.69) is 20.9 Å². The third-order valence-electron chi connectivity index (χ3n) is 3.14. The summed E-state index contributed by atoms with van der Waals surface area (Å²) in [5.41, 5.74) is 1.32. The van der Waals surface area contributed by atoms with Crippen molar-refractivity contribution in [3.05, 3.63) is 67.9 Å². The molecule has 2 aromatic carbocycles. The Kier molecular flexibility index (Phi) is 4.42. The number of hydrogen-bond donors (Lipinski definition) is 1. The van der Waals surface area contributed by atoms with Crippen molar-refractivity contribution in [2.75, 3.05) is 5.84 Å². The van der Waals surface area contributed by atoms with E-state index in [0.29, 0.717) is 26.8 Å². The largest absolute Gasteiger partial charge is 0.334 e. The highest BCUT2D eigenvalue weighted by molar-refractivity contribution is 9.10. The molecule has 0 amide bonds. The Morgan fingerprint density at radius 1 is 1.27 bits per heavy atom. The van der Waals surface area contributed by atoms with E-state index in [1.165, 1.54) is 11.8 Å². The summed E-state index contributed by atoms with van der Waals surface area (Å²) in [6.45, 7) is 0. The van der Waals surface area contributed by atoms with E-state index >= 15 is 0 Å². The predicted molar refractivity (Wildman–Crippen MR) is 94.9 cm³/mol. The molecule has 2 N–H and O–H groups in total. The van der Waals surface area contributed by atoms with Crippen molar-refractivity contribution >= 4 is 50.2 Å². The average Bonchev–Trinajstić information content (AvgIpc) is 2.51. The van der Waals surface area contributed by atoms with Crippen molar-refractivity contribution in [2.24, 2.45) is 0 Å². The first-order valence-corrected chi connectivity index (χ1v) is 8.55. The smallest absolute Gasteiger partial charge is 0.280 e. The van der Waals surface area contributed by atoms with Gasteiger partial charge in [-0.3, -0.25) is 4.79 Å². The zero-order chi connectivity index (χ0) is 15.7. The van der Waals surface area contributed by atoms with E-state index in [9.17, 15) is 4.79 Å². The number of nitrogen functional groups attached to an aromatic ring is 1. The van der Waals surface area contributed by atoms with Crippen LogP contribution >= 0.6 is 39.3 Å². The molecule has 1 aromatic heterocycles. The van der Waals surface area contributed by atoms with Gasteiger partial charge in [-0.15, -0.1) is 0 Å². The Balaban J connectivity index is 1.98. The number of hydrogen-bond acceptors (Lipinski definition) is 4. The van der Waals surface area contributed by atoms with E-state index < -0.39 is 0 Å². The number of nitrogens with two attached hydrogens (primary N) is 1. The van der Waals surface area contributed by atoms with Gasteiger partial charge in [0.05, 0.1) is 10.9 Å². The third kappa shape index (κ3) is 2.99. The van der Waals surface area contributed by atoms with Crippen LogP contribution < -0.4 is 11.4 Å². The second kappa shape index (κ2) is 6.32. The molecule has 3 rings (SSSR count). The minimum atomic E-state index is -0.270. The normalized spacial score (nSPS) is 11.0. The van der Waals surface area contributed by atoms with Crippen LogP contribution in [0.2, 0.25) is 5.02 Å². The fourth-order valence-corrected chi connectivity index (χ4v) is 3.57. The van der Waals surface area contributed by atoms with E-state index in [1.807, 2.05) is 30.3 Å². The third-order valence-corrected chi connectivity index (χ3v) is 5.01. The van der Waals surface area contributed by atoms with Crippen molar-refractivity contribution in [3.8, 4) is 0 Å². The van der Waals surface area contributed by atoms with Crippen molar-refractivity contribution in [2.45, 2.75) is 10.9 Å². The van der Waals surface area contributed by atoms with Crippen LogP contribution in [0.4, 0.5) is 0 Å². The van der Waals surface area contributed by atoms with Gasteiger partial charge < -0.3 is 5.84 Å². The average molecular weight is 397 g/mol. The summed E-state index contributed by atoms with van der Waals surface area (Å²) in [5.74, 6) is 6.46. The number of nitrogens with zero attached hydrogens (tertiary/aromatic N) is 2. The molecule has 0 aliphatic heterocycles. The number of benzene rings is 2.